The lowest BCUT2D eigenvalue weighted by Gasteiger charge is -2.24. The van der Waals surface area contributed by atoms with Crippen LogP contribution in [0.4, 0.5) is 5.69 Å². The molecule has 10 heteroatoms. The van der Waals surface area contributed by atoms with Crippen LogP contribution in [0.15, 0.2) is 52.6 Å². The van der Waals surface area contributed by atoms with Gasteiger partial charge in [-0.05, 0) is 50.3 Å². The maximum absolute atomic E-state index is 13.0. The molecule has 1 aromatic carbocycles. The van der Waals surface area contributed by atoms with Gasteiger partial charge in [-0.2, -0.15) is 0 Å². The molecule has 1 saturated heterocycles. The van der Waals surface area contributed by atoms with Crippen molar-refractivity contribution in [2.75, 3.05) is 11.9 Å². The Labute approximate surface area is 200 Å². The number of anilines is 1. The Bertz CT molecular complexity index is 1260. The summed E-state index contributed by atoms with van der Waals surface area (Å²) in [5, 5.41) is 4.42. The van der Waals surface area contributed by atoms with Gasteiger partial charge in [0.2, 0.25) is 0 Å². The van der Waals surface area contributed by atoms with Crippen LogP contribution in [0.5, 0.6) is 0 Å². The van der Waals surface area contributed by atoms with Crippen LogP contribution in [-0.4, -0.2) is 50.7 Å². The van der Waals surface area contributed by atoms with Gasteiger partial charge in [0.1, 0.15) is 11.7 Å². The first-order valence-electron chi connectivity index (χ1n) is 11.0. The highest BCUT2D eigenvalue weighted by Gasteiger charge is 2.37. The standard InChI is InChI=1S/C24H26N4O5S/c1-15-20(23(31)28(26(15)3)17-9-5-4-6-10-17)25-21(29)16(2)33-24(32)18-11-7-13-27(18)22(30)19-12-8-14-34-19/h4-6,8-10,12,14,16,18H,7,11,13H2,1-3H3,(H,25,29)/t16-,18-/m1/s1. The number of amides is 2. The molecule has 0 unspecified atom stereocenters. The average Bonchev–Trinajstić information content (AvgIpc) is 3.57. The van der Waals surface area contributed by atoms with Gasteiger partial charge in [0.05, 0.1) is 16.3 Å². The first-order valence-corrected chi connectivity index (χ1v) is 11.9. The summed E-state index contributed by atoms with van der Waals surface area (Å²) in [6.45, 7) is 3.63. The summed E-state index contributed by atoms with van der Waals surface area (Å²) >= 11 is 1.31. The summed E-state index contributed by atoms with van der Waals surface area (Å²) in [4.78, 5) is 53.4. The van der Waals surface area contributed by atoms with Crippen LogP contribution in [0.3, 0.4) is 0 Å². The number of nitrogens with one attached hydrogen (secondary N) is 1. The zero-order valence-corrected chi connectivity index (χ0v) is 20.0. The van der Waals surface area contributed by atoms with Gasteiger partial charge in [0, 0.05) is 13.6 Å². The average molecular weight is 483 g/mol. The molecule has 1 fully saturated rings. The quantitative estimate of drug-likeness (QED) is 0.545. The molecule has 4 rings (SSSR count). The zero-order chi connectivity index (χ0) is 24.4. The van der Waals surface area contributed by atoms with Crippen molar-refractivity contribution >= 4 is 34.8 Å². The summed E-state index contributed by atoms with van der Waals surface area (Å²) < 4.78 is 8.51. The number of aromatic nitrogens is 2. The van der Waals surface area contributed by atoms with Crippen molar-refractivity contribution in [3.8, 4) is 5.69 Å². The van der Waals surface area contributed by atoms with Gasteiger partial charge in [0.15, 0.2) is 6.10 Å². The second kappa shape index (κ2) is 9.68. The number of carbonyl (C=O) groups is 3. The van der Waals surface area contributed by atoms with Gasteiger partial charge in [0.25, 0.3) is 17.4 Å². The number of likely N-dealkylation sites (tertiary alicyclic amines) is 1. The van der Waals surface area contributed by atoms with Crippen LogP contribution in [-0.2, 0) is 21.4 Å². The van der Waals surface area contributed by atoms with Gasteiger partial charge >= 0.3 is 5.97 Å². The third-order valence-corrected chi connectivity index (χ3v) is 6.84. The normalized spacial score (nSPS) is 16.3. The van der Waals surface area contributed by atoms with E-state index in [0.717, 1.165) is 0 Å². The number of rotatable bonds is 6. The molecule has 3 heterocycles. The van der Waals surface area contributed by atoms with Gasteiger partial charge < -0.3 is 15.0 Å². The lowest BCUT2D eigenvalue weighted by Crippen LogP contribution is -2.43. The summed E-state index contributed by atoms with van der Waals surface area (Å²) in [6.07, 6.45) is 0.0137. The second-order valence-corrected chi connectivity index (χ2v) is 9.09. The minimum Gasteiger partial charge on any atom is -0.451 e. The maximum Gasteiger partial charge on any atom is 0.329 e. The number of para-hydroxylation sites is 1. The van der Waals surface area contributed by atoms with Crippen molar-refractivity contribution in [1.29, 1.82) is 0 Å². The fourth-order valence-electron chi connectivity index (χ4n) is 4.04. The van der Waals surface area contributed by atoms with E-state index in [2.05, 4.69) is 5.32 Å². The SMILES string of the molecule is Cc1c(NC(=O)[C@@H](C)OC(=O)[C@H]2CCCN2C(=O)c2cccs2)c(=O)n(-c2ccccc2)n1C. The molecule has 1 aliphatic heterocycles. The fraction of sp³-hybridized carbons (Fsp3) is 0.333. The highest BCUT2D eigenvalue weighted by molar-refractivity contribution is 7.12. The molecular weight excluding hydrogens is 456 g/mol. The lowest BCUT2D eigenvalue weighted by atomic mass is 10.2. The molecule has 1 N–H and O–H groups in total. The molecule has 0 saturated carbocycles. The van der Waals surface area contributed by atoms with E-state index in [1.807, 2.05) is 18.2 Å². The van der Waals surface area contributed by atoms with Crippen LogP contribution in [0, 0.1) is 6.92 Å². The first kappa shape index (κ1) is 23.5. The second-order valence-electron chi connectivity index (χ2n) is 8.14. The smallest absolute Gasteiger partial charge is 0.329 e. The van der Waals surface area contributed by atoms with E-state index in [4.69, 9.17) is 4.74 Å². The van der Waals surface area contributed by atoms with E-state index in [-0.39, 0.29) is 17.2 Å². The van der Waals surface area contributed by atoms with Gasteiger partial charge in [-0.1, -0.05) is 24.3 Å². The maximum atomic E-state index is 13.0. The van der Waals surface area contributed by atoms with Crippen molar-refractivity contribution in [2.24, 2.45) is 7.05 Å². The predicted molar refractivity (Wildman–Crippen MR) is 128 cm³/mol. The molecule has 0 spiro atoms. The summed E-state index contributed by atoms with van der Waals surface area (Å²) in [5.41, 5.74) is 0.954. The number of hydrogen-bond acceptors (Lipinski definition) is 6. The molecule has 178 valence electrons. The topological polar surface area (TPSA) is 103 Å². The molecule has 2 atom stereocenters. The van der Waals surface area contributed by atoms with Crippen molar-refractivity contribution in [2.45, 2.75) is 38.8 Å². The summed E-state index contributed by atoms with van der Waals surface area (Å²) in [7, 11) is 1.72. The molecule has 34 heavy (non-hydrogen) atoms. The fourth-order valence-corrected chi connectivity index (χ4v) is 4.72. The van der Waals surface area contributed by atoms with E-state index in [1.165, 1.54) is 27.8 Å². The zero-order valence-electron chi connectivity index (χ0n) is 19.2. The third kappa shape index (κ3) is 4.41. The van der Waals surface area contributed by atoms with E-state index in [1.54, 1.807) is 48.3 Å². The number of thiophene rings is 1. The minimum absolute atomic E-state index is 0.120. The van der Waals surface area contributed by atoms with E-state index < -0.39 is 24.0 Å². The number of nitrogens with zero attached hydrogens (tertiary/aromatic N) is 3. The number of benzene rings is 1. The van der Waals surface area contributed by atoms with Gasteiger partial charge in [-0.3, -0.25) is 19.1 Å². The van der Waals surface area contributed by atoms with Gasteiger partial charge in [-0.15, -0.1) is 11.3 Å². The molecule has 2 aromatic heterocycles. The lowest BCUT2D eigenvalue weighted by molar-refractivity contribution is -0.156. The van der Waals surface area contributed by atoms with E-state index in [0.29, 0.717) is 35.6 Å². The number of ether oxygens (including phenoxy) is 1. The molecule has 2 amide bonds. The van der Waals surface area contributed by atoms with Crippen LogP contribution >= 0.6 is 11.3 Å². The Morgan fingerprint density at radius 3 is 2.56 bits per heavy atom. The Morgan fingerprint density at radius 2 is 1.88 bits per heavy atom. The van der Waals surface area contributed by atoms with Crippen LogP contribution in [0.1, 0.15) is 35.1 Å². The van der Waals surface area contributed by atoms with Crippen molar-refractivity contribution < 1.29 is 19.1 Å². The number of carbonyl (C=O) groups excluding carboxylic acids is 3. The van der Waals surface area contributed by atoms with Crippen molar-refractivity contribution in [3.05, 3.63) is 68.8 Å². The molecule has 0 aliphatic carbocycles. The van der Waals surface area contributed by atoms with Crippen LogP contribution in [0.2, 0.25) is 0 Å². The Kier molecular flexibility index (Phi) is 6.69. The first-order chi connectivity index (χ1) is 16.3. The van der Waals surface area contributed by atoms with E-state index in [9.17, 15) is 19.2 Å². The number of esters is 1. The number of hydrogen-bond donors (Lipinski definition) is 1. The highest BCUT2D eigenvalue weighted by atomic mass is 32.1. The van der Waals surface area contributed by atoms with Crippen LogP contribution < -0.4 is 10.9 Å². The molecule has 1 aliphatic rings. The molecule has 3 aromatic rings. The predicted octanol–water partition coefficient (Wildman–Crippen LogP) is 2.72. The van der Waals surface area contributed by atoms with Gasteiger partial charge in [-0.25, -0.2) is 9.48 Å². The highest BCUT2D eigenvalue weighted by Crippen LogP contribution is 2.23. The molecule has 0 radical (unpaired) electrons. The molecule has 9 nitrogen and oxygen atoms in total. The van der Waals surface area contributed by atoms with E-state index >= 15 is 0 Å². The monoisotopic (exact) mass is 482 g/mol. The van der Waals surface area contributed by atoms with Crippen LogP contribution in [0.25, 0.3) is 5.69 Å². The minimum atomic E-state index is -1.14. The molecule has 0 bridgehead atoms. The summed E-state index contributed by atoms with van der Waals surface area (Å²) in [5.74, 6) is -1.46. The molecular formula is C24H26N4O5S. The Morgan fingerprint density at radius 1 is 1.15 bits per heavy atom. The Balaban J connectivity index is 1.45. The summed E-state index contributed by atoms with van der Waals surface area (Å²) in [6, 6.07) is 11.8. The third-order valence-electron chi connectivity index (χ3n) is 5.98. The Hall–Kier alpha value is -3.66. The van der Waals surface area contributed by atoms with Crippen molar-refractivity contribution in [1.82, 2.24) is 14.3 Å². The largest absolute Gasteiger partial charge is 0.451 e. The van der Waals surface area contributed by atoms with Crippen molar-refractivity contribution in [3.63, 3.8) is 0 Å².